The van der Waals surface area contributed by atoms with Crippen LogP contribution in [0.4, 0.5) is 5.82 Å². The maximum atomic E-state index is 10.7. The van der Waals surface area contributed by atoms with Crippen molar-refractivity contribution in [3.63, 3.8) is 0 Å². The molecule has 0 N–H and O–H groups in total. The van der Waals surface area contributed by atoms with E-state index in [1.54, 1.807) is 13.3 Å². The third-order valence-electron chi connectivity index (χ3n) is 2.93. The number of nitrogens with zero attached hydrogens (tertiary/aromatic N) is 4. The second-order valence-electron chi connectivity index (χ2n) is 4.30. The summed E-state index contributed by atoms with van der Waals surface area (Å²) >= 11 is 5.76. The van der Waals surface area contributed by atoms with Gasteiger partial charge in [0.1, 0.15) is 12.3 Å². The van der Waals surface area contributed by atoms with Gasteiger partial charge in [0.2, 0.25) is 0 Å². The number of methoxy groups -OCH3 is 1. The standard InChI is InChI=1S/C12H13ClN4O3/c1-7-4-14-10(8(2)11(7)20-3)6-16-5-9(13)12(15-16)17(18)19/h4-5H,6H2,1-3H3. The lowest BCUT2D eigenvalue weighted by molar-refractivity contribution is -0.389. The first kappa shape index (κ1) is 14.3. The molecule has 2 aromatic rings. The van der Waals surface area contributed by atoms with Crippen LogP contribution in [0.2, 0.25) is 5.02 Å². The van der Waals surface area contributed by atoms with E-state index in [2.05, 4.69) is 10.1 Å². The third kappa shape index (κ3) is 2.57. The molecule has 0 aromatic carbocycles. The van der Waals surface area contributed by atoms with Gasteiger partial charge in [0.15, 0.2) is 5.02 Å². The van der Waals surface area contributed by atoms with Crippen molar-refractivity contribution in [2.75, 3.05) is 7.11 Å². The highest BCUT2D eigenvalue weighted by Gasteiger charge is 2.20. The second kappa shape index (κ2) is 5.46. The molecular formula is C12H13ClN4O3. The first-order valence-corrected chi connectivity index (χ1v) is 6.18. The van der Waals surface area contributed by atoms with Crippen LogP contribution in [0, 0.1) is 24.0 Å². The van der Waals surface area contributed by atoms with Crippen LogP contribution in [0.1, 0.15) is 16.8 Å². The number of ether oxygens (including phenoxy) is 1. The molecule has 2 rings (SSSR count). The highest BCUT2D eigenvalue weighted by Crippen LogP contribution is 2.26. The number of rotatable bonds is 4. The minimum atomic E-state index is -0.616. The molecule has 0 fully saturated rings. The van der Waals surface area contributed by atoms with Gasteiger partial charge in [0.25, 0.3) is 0 Å². The van der Waals surface area contributed by atoms with Crippen LogP contribution < -0.4 is 4.74 Å². The summed E-state index contributed by atoms with van der Waals surface area (Å²) in [7, 11) is 1.59. The maximum Gasteiger partial charge on any atom is 0.408 e. The summed E-state index contributed by atoms with van der Waals surface area (Å²) in [6, 6.07) is 0. The molecule has 8 heteroatoms. The predicted molar refractivity (Wildman–Crippen MR) is 73.3 cm³/mol. The molecule has 2 aromatic heterocycles. The number of pyridine rings is 1. The fourth-order valence-electron chi connectivity index (χ4n) is 1.98. The summed E-state index contributed by atoms with van der Waals surface area (Å²) < 4.78 is 6.71. The highest BCUT2D eigenvalue weighted by atomic mass is 35.5. The molecule has 0 atom stereocenters. The van der Waals surface area contributed by atoms with Crippen molar-refractivity contribution in [1.29, 1.82) is 0 Å². The Labute approximate surface area is 120 Å². The van der Waals surface area contributed by atoms with E-state index in [-0.39, 0.29) is 17.4 Å². The zero-order valence-corrected chi connectivity index (χ0v) is 12.0. The van der Waals surface area contributed by atoms with Crippen molar-refractivity contribution >= 4 is 17.4 Å². The molecule has 0 aliphatic carbocycles. The first-order valence-electron chi connectivity index (χ1n) is 5.80. The molecule has 0 spiro atoms. The van der Waals surface area contributed by atoms with Gasteiger partial charge in [-0.05, 0) is 18.8 Å². The first-order chi connectivity index (χ1) is 9.43. The molecule has 0 aliphatic heterocycles. The van der Waals surface area contributed by atoms with Crippen LogP contribution in [0.25, 0.3) is 0 Å². The molecule has 0 unspecified atom stereocenters. The topological polar surface area (TPSA) is 83.1 Å². The Morgan fingerprint density at radius 2 is 2.20 bits per heavy atom. The SMILES string of the molecule is COc1c(C)cnc(Cn2cc(Cl)c([N+](=O)[O-])n2)c1C. The largest absolute Gasteiger partial charge is 0.496 e. The fourth-order valence-corrected chi connectivity index (χ4v) is 2.19. The van der Waals surface area contributed by atoms with E-state index in [1.165, 1.54) is 10.9 Å². The Morgan fingerprint density at radius 1 is 1.50 bits per heavy atom. The smallest absolute Gasteiger partial charge is 0.408 e. The van der Waals surface area contributed by atoms with Crippen LogP contribution in [0.15, 0.2) is 12.4 Å². The predicted octanol–water partition coefficient (Wildman–Crippen LogP) is 2.51. The lowest BCUT2D eigenvalue weighted by Gasteiger charge is -2.11. The lowest BCUT2D eigenvalue weighted by atomic mass is 10.1. The Hall–Kier alpha value is -2.15. The number of hydrogen-bond donors (Lipinski definition) is 0. The third-order valence-corrected chi connectivity index (χ3v) is 3.20. The maximum absolute atomic E-state index is 10.7. The van der Waals surface area contributed by atoms with Crippen molar-refractivity contribution in [1.82, 2.24) is 14.8 Å². The quantitative estimate of drug-likeness (QED) is 0.639. The van der Waals surface area contributed by atoms with Crippen LogP contribution in [-0.4, -0.2) is 26.8 Å². The number of nitro groups is 1. The van der Waals surface area contributed by atoms with Gasteiger partial charge in [0, 0.05) is 17.3 Å². The van der Waals surface area contributed by atoms with Crippen LogP contribution in [0.3, 0.4) is 0 Å². The van der Waals surface area contributed by atoms with Crippen LogP contribution >= 0.6 is 11.6 Å². The van der Waals surface area contributed by atoms with E-state index >= 15 is 0 Å². The summed E-state index contributed by atoms with van der Waals surface area (Å²) in [5, 5.41) is 14.5. The van der Waals surface area contributed by atoms with E-state index < -0.39 is 4.92 Å². The Kier molecular flexibility index (Phi) is 3.89. The normalized spacial score (nSPS) is 10.6. The van der Waals surface area contributed by atoms with E-state index in [0.717, 1.165) is 22.6 Å². The molecule has 0 radical (unpaired) electrons. The van der Waals surface area contributed by atoms with Gasteiger partial charge in [-0.15, -0.1) is 0 Å². The molecule has 0 saturated carbocycles. The Bertz CT molecular complexity index is 669. The Morgan fingerprint density at radius 3 is 2.75 bits per heavy atom. The van der Waals surface area contributed by atoms with Gasteiger partial charge in [-0.1, -0.05) is 11.6 Å². The minimum Gasteiger partial charge on any atom is -0.496 e. The van der Waals surface area contributed by atoms with E-state index in [4.69, 9.17) is 16.3 Å². The van der Waals surface area contributed by atoms with Gasteiger partial charge < -0.3 is 14.9 Å². The van der Waals surface area contributed by atoms with Crippen molar-refractivity contribution in [3.8, 4) is 5.75 Å². The molecule has 7 nitrogen and oxygen atoms in total. The lowest BCUT2D eigenvalue weighted by Crippen LogP contribution is -2.07. The summed E-state index contributed by atoms with van der Waals surface area (Å²) in [6.45, 7) is 4.07. The average Bonchev–Trinajstić information content (AvgIpc) is 2.75. The average molecular weight is 297 g/mol. The molecular weight excluding hydrogens is 284 g/mol. The number of aryl methyl sites for hydroxylation is 1. The Balaban J connectivity index is 2.35. The number of aromatic nitrogens is 3. The molecule has 0 bridgehead atoms. The summed E-state index contributed by atoms with van der Waals surface area (Å²) in [4.78, 5) is 14.4. The molecule has 0 amide bonds. The molecule has 20 heavy (non-hydrogen) atoms. The van der Waals surface area contributed by atoms with Crippen LogP contribution in [-0.2, 0) is 6.54 Å². The highest BCUT2D eigenvalue weighted by molar-refractivity contribution is 6.32. The van der Waals surface area contributed by atoms with Gasteiger partial charge >= 0.3 is 5.82 Å². The summed E-state index contributed by atoms with van der Waals surface area (Å²) in [5.41, 5.74) is 2.53. The van der Waals surface area contributed by atoms with Crippen molar-refractivity contribution in [2.45, 2.75) is 20.4 Å². The molecule has 0 saturated heterocycles. The van der Waals surface area contributed by atoms with Crippen molar-refractivity contribution in [2.24, 2.45) is 0 Å². The number of hydrogen-bond acceptors (Lipinski definition) is 5. The zero-order valence-electron chi connectivity index (χ0n) is 11.3. The monoisotopic (exact) mass is 296 g/mol. The van der Waals surface area contributed by atoms with Gasteiger partial charge in [-0.25, -0.2) is 0 Å². The van der Waals surface area contributed by atoms with Crippen LogP contribution in [0.5, 0.6) is 5.75 Å². The summed E-state index contributed by atoms with van der Waals surface area (Å²) in [6.07, 6.45) is 3.10. The van der Waals surface area contributed by atoms with Gasteiger partial charge in [-0.3, -0.25) is 4.98 Å². The van der Waals surface area contributed by atoms with Gasteiger partial charge in [0.05, 0.1) is 24.1 Å². The summed E-state index contributed by atoms with van der Waals surface area (Å²) in [5.74, 6) is 0.395. The minimum absolute atomic E-state index is 0.00623. The molecule has 2 heterocycles. The fraction of sp³-hybridized carbons (Fsp3) is 0.333. The van der Waals surface area contributed by atoms with E-state index in [1.807, 2.05) is 13.8 Å². The van der Waals surface area contributed by atoms with E-state index in [9.17, 15) is 10.1 Å². The van der Waals surface area contributed by atoms with E-state index in [0.29, 0.717) is 0 Å². The van der Waals surface area contributed by atoms with Gasteiger partial charge in [-0.2, -0.15) is 4.68 Å². The zero-order chi connectivity index (χ0) is 14.9. The van der Waals surface area contributed by atoms with Crippen molar-refractivity contribution < 1.29 is 9.66 Å². The molecule has 106 valence electrons. The molecule has 0 aliphatic rings. The second-order valence-corrected chi connectivity index (χ2v) is 4.71. The van der Waals surface area contributed by atoms with Crippen molar-refractivity contribution in [3.05, 3.63) is 44.4 Å². The number of halogens is 1.